The van der Waals surface area contributed by atoms with E-state index in [2.05, 4.69) is 23.6 Å². The van der Waals surface area contributed by atoms with Crippen molar-refractivity contribution in [3.05, 3.63) is 65.9 Å². The Labute approximate surface area is 200 Å². The Balaban J connectivity index is 1.35. The number of aromatic nitrogens is 1. The van der Waals surface area contributed by atoms with Crippen molar-refractivity contribution >= 4 is 5.97 Å². The Bertz CT molecular complexity index is 1100. The number of carbonyl (C=O) groups excluding carboxylic acids is 1. The minimum absolute atomic E-state index is 0.264. The molecule has 4 rings (SSSR count). The molecule has 1 unspecified atom stereocenters. The predicted molar refractivity (Wildman–Crippen MR) is 128 cm³/mol. The van der Waals surface area contributed by atoms with E-state index in [4.69, 9.17) is 23.7 Å². The van der Waals surface area contributed by atoms with Crippen LogP contribution in [0.3, 0.4) is 0 Å². The van der Waals surface area contributed by atoms with Crippen LogP contribution < -0.4 is 14.2 Å². The van der Waals surface area contributed by atoms with E-state index in [1.807, 2.05) is 49.4 Å². The first-order valence-electron chi connectivity index (χ1n) is 11.6. The molecule has 0 fully saturated rings. The number of hydrogen-bond donors (Lipinski definition) is 0. The molecule has 180 valence electrons. The fourth-order valence-electron chi connectivity index (χ4n) is 4.01. The molecular formula is C27H31NO6. The van der Waals surface area contributed by atoms with Crippen LogP contribution in [0, 0.1) is 6.92 Å². The molecule has 34 heavy (non-hydrogen) atoms. The summed E-state index contributed by atoms with van der Waals surface area (Å²) in [4.78, 5) is 12.1. The van der Waals surface area contributed by atoms with Gasteiger partial charge in [-0.1, -0.05) is 12.1 Å². The summed E-state index contributed by atoms with van der Waals surface area (Å²) in [6.07, 6.45) is -0.128. The number of aryl methyl sites for hydroxylation is 1. The lowest BCUT2D eigenvalue weighted by Gasteiger charge is -2.16. The van der Waals surface area contributed by atoms with E-state index in [1.54, 1.807) is 6.92 Å². The van der Waals surface area contributed by atoms with Crippen LogP contribution >= 0.6 is 0 Å². The SMILES string of the molecule is CCOC(=O)C(Cc1ccc(OCCn2c(C)ccc2-c2ccc3c(c2)OCO3)cc1)OCC. The van der Waals surface area contributed by atoms with E-state index in [-0.39, 0.29) is 12.8 Å². The molecule has 0 bridgehead atoms. The average molecular weight is 466 g/mol. The van der Waals surface area contributed by atoms with Crippen LogP contribution in [0.1, 0.15) is 25.1 Å². The van der Waals surface area contributed by atoms with Gasteiger partial charge in [-0.2, -0.15) is 0 Å². The van der Waals surface area contributed by atoms with Crippen molar-refractivity contribution in [3.63, 3.8) is 0 Å². The number of nitrogens with zero attached hydrogens (tertiary/aromatic N) is 1. The number of rotatable bonds is 11. The second-order valence-corrected chi connectivity index (χ2v) is 7.97. The van der Waals surface area contributed by atoms with Gasteiger partial charge in [0.15, 0.2) is 17.6 Å². The van der Waals surface area contributed by atoms with Gasteiger partial charge in [0.1, 0.15) is 12.4 Å². The van der Waals surface area contributed by atoms with Crippen LogP contribution in [-0.4, -0.2) is 43.3 Å². The van der Waals surface area contributed by atoms with E-state index >= 15 is 0 Å². The second kappa shape index (κ2) is 11.1. The van der Waals surface area contributed by atoms with Gasteiger partial charge in [-0.05, 0) is 68.8 Å². The van der Waals surface area contributed by atoms with E-state index in [9.17, 15) is 4.79 Å². The molecule has 7 nitrogen and oxygen atoms in total. The summed E-state index contributed by atoms with van der Waals surface area (Å²) in [5.41, 5.74) is 4.33. The molecule has 0 N–H and O–H groups in total. The molecule has 0 aliphatic carbocycles. The number of benzene rings is 2. The summed E-state index contributed by atoms with van der Waals surface area (Å²) in [5, 5.41) is 0. The van der Waals surface area contributed by atoms with Crippen molar-refractivity contribution in [2.45, 2.75) is 39.8 Å². The monoisotopic (exact) mass is 465 g/mol. The van der Waals surface area contributed by atoms with E-state index in [1.165, 1.54) is 0 Å². The molecule has 1 atom stereocenters. The van der Waals surface area contributed by atoms with Crippen LogP contribution in [0.4, 0.5) is 0 Å². The van der Waals surface area contributed by atoms with Gasteiger partial charge in [-0.3, -0.25) is 0 Å². The summed E-state index contributed by atoms with van der Waals surface area (Å²) in [6, 6.07) is 18.0. The third kappa shape index (κ3) is 5.54. The lowest BCUT2D eigenvalue weighted by atomic mass is 10.1. The Morgan fingerprint density at radius 1 is 1.00 bits per heavy atom. The topological polar surface area (TPSA) is 68.2 Å². The molecular weight excluding hydrogens is 434 g/mol. The number of ether oxygens (including phenoxy) is 5. The molecule has 1 aliphatic rings. The minimum atomic E-state index is -0.594. The van der Waals surface area contributed by atoms with Crippen molar-refractivity contribution < 1.29 is 28.5 Å². The molecule has 1 aliphatic heterocycles. The van der Waals surface area contributed by atoms with Crippen LogP contribution in [0.15, 0.2) is 54.6 Å². The van der Waals surface area contributed by atoms with Gasteiger partial charge in [0.05, 0.1) is 13.2 Å². The van der Waals surface area contributed by atoms with Gasteiger partial charge in [-0.15, -0.1) is 0 Å². The van der Waals surface area contributed by atoms with Crippen molar-refractivity contribution in [1.29, 1.82) is 0 Å². The lowest BCUT2D eigenvalue weighted by molar-refractivity contribution is -0.156. The quantitative estimate of drug-likeness (QED) is 0.380. The fraction of sp³-hybridized carbons (Fsp3) is 0.370. The summed E-state index contributed by atoms with van der Waals surface area (Å²) in [6.45, 7) is 8.04. The fourth-order valence-corrected chi connectivity index (χ4v) is 4.01. The highest BCUT2D eigenvalue weighted by atomic mass is 16.7. The standard InChI is InChI=1S/C27H31NO6/c1-4-30-26(27(29)31-5-2)16-20-7-10-22(11-8-20)32-15-14-28-19(3)6-12-23(28)21-9-13-24-25(17-21)34-18-33-24/h6-13,17,26H,4-5,14-16,18H2,1-3H3. The zero-order valence-corrected chi connectivity index (χ0v) is 19.9. The van der Waals surface area contributed by atoms with Gasteiger partial charge in [0, 0.05) is 30.0 Å². The van der Waals surface area contributed by atoms with Gasteiger partial charge >= 0.3 is 5.97 Å². The highest BCUT2D eigenvalue weighted by molar-refractivity contribution is 5.75. The number of esters is 1. The van der Waals surface area contributed by atoms with Gasteiger partial charge < -0.3 is 28.3 Å². The second-order valence-electron chi connectivity index (χ2n) is 7.97. The largest absolute Gasteiger partial charge is 0.492 e. The molecule has 7 heteroatoms. The average Bonchev–Trinajstić information content (AvgIpc) is 3.46. The van der Waals surface area contributed by atoms with Crippen LogP contribution in [0.25, 0.3) is 11.3 Å². The van der Waals surface area contributed by atoms with Gasteiger partial charge in [0.2, 0.25) is 6.79 Å². The minimum Gasteiger partial charge on any atom is -0.492 e. The summed E-state index contributed by atoms with van der Waals surface area (Å²) >= 11 is 0. The number of carbonyl (C=O) groups is 1. The first-order chi connectivity index (χ1) is 16.6. The van der Waals surface area contributed by atoms with Crippen molar-refractivity contribution in [1.82, 2.24) is 4.57 Å². The molecule has 0 spiro atoms. The van der Waals surface area contributed by atoms with Gasteiger partial charge in [0.25, 0.3) is 0 Å². The molecule has 2 aromatic carbocycles. The number of hydrogen-bond acceptors (Lipinski definition) is 6. The summed E-state index contributed by atoms with van der Waals surface area (Å²) < 4.78 is 29.9. The van der Waals surface area contributed by atoms with Crippen LogP contribution in [0.2, 0.25) is 0 Å². The van der Waals surface area contributed by atoms with Crippen molar-refractivity contribution in [2.75, 3.05) is 26.6 Å². The lowest BCUT2D eigenvalue weighted by Crippen LogP contribution is -2.28. The maximum Gasteiger partial charge on any atom is 0.335 e. The van der Waals surface area contributed by atoms with E-state index in [0.717, 1.165) is 39.8 Å². The molecule has 1 aromatic heterocycles. The van der Waals surface area contributed by atoms with Gasteiger partial charge in [-0.25, -0.2) is 4.79 Å². The molecule has 2 heterocycles. The molecule has 0 radical (unpaired) electrons. The van der Waals surface area contributed by atoms with E-state index < -0.39 is 6.10 Å². The molecule has 0 saturated carbocycles. The third-order valence-electron chi connectivity index (χ3n) is 5.71. The molecule has 0 amide bonds. The number of fused-ring (bicyclic) bond motifs is 1. The highest BCUT2D eigenvalue weighted by Crippen LogP contribution is 2.36. The Morgan fingerprint density at radius 3 is 2.56 bits per heavy atom. The first-order valence-corrected chi connectivity index (χ1v) is 11.6. The van der Waals surface area contributed by atoms with Crippen molar-refractivity contribution in [3.8, 4) is 28.5 Å². The Hall–Kier alpha value is -3.45. The maximum absolute atomic E-state index is 12.1. The maximum atomic E-state index is 12.1. The predicted octanol–water partition coefficient (Wildman–Crippen LogP) is 4.78. The first kappa shape index (κ1) is 23.7. The Morgan fingerprint density at radius 2 is 1.79 bits per heavy atom. The van der Waals surface area contributed by atoms with Crippen LogP contribution in [0.5, 0.6) is 17.2 Å². The smallest absolute Gasteiger partial charge is 0.335 e. The zero-order valence-electron chi connectivity index (χ0n) is 19.9. The summed E-state index contributed by atoms with van der Waals surface area (Å²) in [5.74, 6) is 2.00. The van der Waals surface area contributed by atoms with Crippen molar-refractivity contribution in [2.24, 2.45) is 0 Å². The normalized spacial score (nSPS) is 13.0. The summed E-state index contributed by atoms with van der Waals surface area (Å²) in [7, 11) is 0. The van der Waals surface area contributed by atoms with Crippen LogP contribution in [-0.2, 0) is 27.2 Å². The highest BCUT2D eigenvalue weighted by Gasteiger charge is 2.20. The van der Waals surface area contributed by atoms with E-state index in [0.29, 0.717) is 32.8 Å². The zero-order chi connectivity index (χ0) is 23.9. The third-order valence-corrected chi connectivity index (χ3v) is 5.71. The Kier molecular flexibility index (Phi) is 7.75. The molecule has 3 aromatic rings. The molecule has 0 saturated heterocycles.